The summed E-state index contributed by atoms with van der Waals surface area (Å²) in [5, 5.41) is 28.3. The Bertz CT molecular complexity index is 1180. The number of aromatic nitrogens is 3. The van der Waals surface area contributed by atoms with Gasteiger partial charge in [-0.05, 0) is 36.8 Å². The molecule has 0 bridgehead atoms. The highest BCUT2D eigenvalue weighted by Gasteiger charge is 2.19. The molecule has 8 heteroatoms. The van der Waals surface area contributed by atoms with Crippen LogP contribution in [0.15, 0.2) is 70.4 Å². The van der Waals surface area contributed by atoms with Crippen LogP contribution in [-0.4, -0.2) is 36.5 Å². The zero-order valence-corrected chi connectivity index (χ0v) is 17.0. The first-order valence-corrected chi connectivity index (χ1v) is 10.2. The van der Waals surface area contributed by atoms with Crippen molar-refractivity contribution in [2.75, 3.05) is 5.75 Å². The van der Waals surface area contributed by atoms with Gasteiger partial charge in [0.1, 0.15) is 5.76 Å². The van der Waals surface area contributed by atoms with Crippen molar-refractivity contribution in [3.63, 3.8) is 0 Å². The summed E-state index contributed by atoms with van der Waals surface area (Å²) in [7, 11) is 0. The number of hydrogen-bond donors (Lipinski definition) is 2. The highest BCUT2D eigenvalue weighted by molar-refractivity contribution is 7.99. The van der Waals surface area contributed by atoms with Gasteiger partial charge >= 0.3 is 0 Å². The van der Waals surface area contributed by atoms with Crippen molar-refractivity contribution in [3.8, 4) is 22.9 Å². The Morgan fingerprint density at radius 3 is 2.57 bits per heavy atom. The predicted octanol–water partition coefficient (Wildman–Crippen LogP) is 4.28. The molecule has 4 rings (SSSR count). The molecule has 4 aromatic rings. The van der Waals surface area contributed by atoms with Crippen LogP contribution in [0.25, 0.3) is 11.4 Å². The second-order valence-electron chi connectivity index (χ2n) is 6.68. The Morgan fingerprint density at radius 2 is 1.87 bits per heavy atom. The van der Waals surface area contributed by atoms with Crippen molar-refractivity contribution in [2.24, 2.45) is 0 Å². The van der Waals surface area contributed by atoms with E-state index in [0.29, 0.717) is 23.1 Å². The Hall–Kier alpha value is -3.52. The number of furan rings is 1. The number of hydrogen-bond acceptors (Lipinski definition) is 7. The fraction of sp³-hybridized carbons (Fsp3) is 0.136. The van der Waals surface area contributed by atoms with Gasteiger partial charge in [-0.1, -0.05) is 42.1 Å². The molecule has 0 unspecified atom stereocenters. The molecule has 30 heavy (non-hydrogen) atoms. The number of nitrogens with zero attached hydrogens (tertiary/aromatic N) is 3. The number of aromatic hydroxyl groups is 2. The average Bonchev–Trinajstić information content (AvgIpc) is 3.34. The number of aryl methyl sites for hydroxylation is 1. The molecule has 0 aliphatic heterocycles. The predicted molar refractivity (Wildman–Crippen MR) is 113 cm³/mol. The number of carbonyl (C=O) groups is 1. The molecule has 7 nitrogen and oxygen atoms in total. The van der Waals surface area contributed by atoms with Crippen molar-refractivity contribution in [3.05, 3.63) is 77.7 Å². The summed E-state index contributed by atoms with van der Waals surface area (Å²) in [4.78, 5) is 12.6. The first-order valence-electron chi connectivity index (χ1n) is 9.22. The van der Waals surface area contributed by atoms with E-state index in [-0.39, 0.29) is 23.0 Å². The minimum absolute atomic E-state index is 0.113. The van der Waals surface area contributed by atoms with Crippen LogP contribution in [0.1, 0.15) is 21.7 Å². The van der Waals surface area contributed by atoms with E-state index < -0.39 is 0 Å². The van der Waals surface area contributed by atoms with Gasteiger partial charge in [-0.25, -0.2) is 0 Å². The smallest absolute Gasteiger partial charge is 0.192 e. The van der Waals surface area contributed by atoms with Gasteiger partial charge in [0, 0.05) is 5.56 Å². The van der Waals surface area contributed by atoms with Crippen LogP contribution < -0.4 is 0 Å². The maximum Gasteiger partial charge on any atom is 0.192 e. The van der Waals surface area contributed by atoms with Crippen LogP contribution in [0.2, 0.25) is 0 Å². The fourth-order valence-electron chi connectivity index (χ4n) is 3.03. The monoisotopic (exact) mass is 421 g/mol. The van der Waals surface area contributed by atoms with E-state index in [9.17, 15) is 15.0 Å². The number of rotatable bonds is 7. The lowest BCUT2D eigenvalue weighted by Crippen LogP contribution is -2.07. The maximum atomic E-state index is 12.6. The number of ketones is 1. The van der Waals surface area contributed by atoms with Gasteiger partial charge in [0.15, 0.2) is 28.3 Å². The lowest BCUT2D eigenvalue weighted by molar-refractivity contribution is 0.102. The quantitative estimate of drug-likeness (QED) is 0.261. The third kappa shape index (κ3) is 4.08. The van der Waals surface area contributed by atoms with Crippen LogP contribution in [0.5, 0.6) is 11.5 Å². The summed E-state index contributed by atoms with van der Waals surface area (Å²) in [6.07, 6.45) is 1.61. The molecule has 0 saturated heterocycles. The van der Waals surface area contributed by atoms with Gasteiger partial charge in [0.05, 0.1) is 24.1 Å². The molecule has 2 heterocycles. The van der Waals surface area contributed by atoms with Crippen molar-refractivity contribution in [1.29, 1.82) is 0 Å². The van der Waals surface area contributed by atoms with Crippen LogP contribution in [-0.2, 0) is 6.54 Å². The third-order valence-corrected chi connectivity index (χ3v) is 5.60. The normalized spacial score (nSPS) is 11.0. The van der Waals surface area contributed by atoms with E-state index in [2.05, 4.69) is 10.2 Å². The first-order chi connectivity index (χ1) is 14.5. The summed E-state index contributed by atoms with van der Waals surface area (Å²) >= 11 is 1.27. The van der Waals surface area contributed by atoms with Gasteiger partial charge in [-0.3, -0.25) is 9.36 Å². The molecule has 0 atom stereocenters. The van der Waals surface area contributed by atoms with Gasteiger partial charge in [-0.2, -0.15) is 0 Å². The Morgan fingerprint density at radius 1 is 1.07 bits per heavy atom. The van der Waals surface area contributed by atoms with Gasteiger partial charge < -0.3 is 14.6 Å². The summed E-state index contributed by atoms with van der Waals surface area (Å²) < 4.78 is 7.38. The van der Waals surface area contributed by atoms with Crippen molar-refractivity contribution < 1.29 is 19.4 Å². The van der Waals surface area contributed by atoms with E-state index >= 15 is 0 Å². The lowest BCUT2D eigenvalue weighted by atomic mass is 10.1. The second-order valence-corrected chi connectivity index (χ2v) is 7.63. The molecular formula is C22H19N3O4S. The summed E-state index contributed by atoms with van der Waals surface area (Å²) in [6.45, 7) is 2.41. The molecule has 0 spiro atoms. The Kier molecular flexibility index (Phi) is 5.58. The molecule has 2 aromatic heterocycles. The van der Waals surface area contributed by atoms with Crippen molar-refractivity contribution in [1.82, 2.24) is 14.8 Å². The van der Waals surface area contributed by atoms with Gasteiger partial charge in [0.2, 0.25) is 0 Å². The summed E-state index contributed by atoms with van der Waals surface area (Å²) in [5.41, 5.74) is 2.24. The number of thioether (sulfide) groups is 1. The summed E-state index contributed by atoms with van der Waals surface area (Å²) in [6, 6.07) is 15.8. The maximum absolute atomic E-state index is 12.6. The number of carbonyl (C=O) groups excluding carboxylic acids is 1. The average molecular weight is 421 g/mol. The summed E-state index contributed by atoms with van der Waals surface area (Å²) in [5.74, 6) is 0.746. The van der Waals surface area contributed by atoms with E-state index in [1.54, 1.807) is 6.26 Å². The zero-order valence-electron chi connectivity index (χ0n) is 16.1. The zero-order chi connectivity index (χ0) is 21.1. The van der Waals surface area contributed by atoms with Crippen LogP contribution in [0.3, 0.4) is 0 Å². The largest absolute Gasteiger partial charge is 0.504 e. The van der Waals surface area contributed by atoms with Crippen LogP contribution in [0, 0.1) is 6.92 Å². The molecule has 152 valence electrons. The Labute approximate surface area is 177 Å². The molecule has 0 radical (unpaired) electrons. The number of phenolic OH excluding ortho intramolecular Hbond substituents is 2. The molecule has 0 aliphatic rings. The standard InChI is InChI=1S/C22H19N3O4S/c1-14-17(9-10-29-14)21-23-24-22(25(21)12-15-5-3-2-4-6-15)30-13-20(28)16-7-8-18(26)19(27)11-16/h2-11,26-27H,12-13H2,1H3. The SMILES string of the molecule is Cc1occc1-c1nnc(SCC(=O)c2ccc(O)c(O)c2)n1Cc1ccccc1. The molecule has 0 fully saturated rings. The number of Topliss-reactive ketones (excluding diaryl/α,β-unsaturated/α-hetero) is 1. The number of benzene rings is 2. The first kappa shape index (κ1) is 19.8. The molecule has 2 aromatic carbocycles. The molecule has 0 amide bonds. The van der Waals surface area contributed by atoms with E-state index in [4.69, 9.17) is 4.42 Å². The fourth-order valence-corrected chi connectivity index (χ4v) is 3.86. The molecule has 0 aliphatic carbocycles. The minimum atomic E-state index is -0.323. The minimum Gasteiger partial charge on any atom is -0.504 e. The lowest BCUT2D eigenvalue weighted by Gasteiger charge is -2.10. The molecule has 0 saturated carbocycles. The second kappa shape index (κ2) is 8.46. The van der Waals surface area contributed by atoms with E-state index in [0.717, 1.165) is 16.9 Å². The third-order valence-electron chi connectivity index (χ3n) is 4.63. The highest BCUT2D eigenvalue weighted by atomic mass is 32.2. The van der Waals surface area contributed by atoms with Crippen molar-refractivity contribution in [2.45, 2.75) is 18.6 Å². The van der Waals surface area contributed by atoms with E-state index in [1.165, 1.54) is 30.0 Å². The van der Waals surface area contributed by atoms with Crippen molar-refractivity contribution >= 4 is 17.5 Å². The van der Waals surface area contributed by atoms with Gasteiger partial charge in [0.25, 0.3) is 0 Å². The van der Waals surface area contributed by atoms with E-state index in [1.807, 2.05) is 47.9 Å². The molecular weight excluding hydrogens is 402 g/mol. The van der Waals surface area contributed by atoms with Crippen LogP contribution in [0.4, 0.5) is 0 Å². The van der Waals surface area contributed by atoms with Gasteiger partial charge in [-0.15, -0.1) is 10.2 Å². The van der Waals surface area contributed by atoms with Crippen LogP contribution >= 0.6 is 11.8 Å². The number of phenols is 2. The highest BCUT2D eigenvalue weighted by Crippen LogP contribution is 2.29. The topological polar surface area (TPSA) is 101 Å². The molecule has 2 N–H and O–H groups in total. The Balaban J connectivity index is 1.61.